The van der Waals surface area contributed by atoms with Gasteiger partial charge in [-0.25, -0.2) is 0 Å². The van der Waals surface area contributed by atoms with Crippen LogP contribution in [0.25, 0.3) is 0 Å². The zero-order valence-corrected chi connectivity index (χ0v) is 12.0. The van der Waals surface area contributed by atoms with Crippen LogP contribution in [-0.4, -0.2) is 57.8 Å². The summed E-state index contributed by atoms with van der Waals surface area (Å²) in [4.78, 5) is 5.10. The lowest BCUT2D eigenvalue weighted by Crippen LogP contribution is -2.58. The van der Waals surface area contributed by atoms with Gasteiger partial charge in [0.25, 0.3) is 0 Å². The molecule has 2 aliphatic rings. The zero-order chi connectivity index (χ0) is 13.5. The molecule has 1 aromatic rings. The molecule has 0 bridgehead atoms. The summed E-state index contributed by atoms with van der Waals surface area (Å²) in [6.07, 6.45) is 7.89. The van der Waals surface area contributed by atoms with E-state index in [1.165, 1.54) is 37.9 Å². The number of fused-ring (bicyclic) bond motifs is 1. The average molecular weight is 263 g/mol. The van der Waals surface area contributed by atoms with Gasteiger partial charge in [0.05, 0.1) is 6.20 Å². The van der Waals surface area contributed by atoms with Crippen molar-refractivity contribution in [2.45, 2.75) is 37.4 Å². The van der Waals surface area contributed by atoms with Gasteiger partial charge in [-0.15, -0.1) is 0 Å². The largest absolute Gasteiger partial charge is 0.329 e. The molecule has 1 aromatic heterocycles. The minimum atomic E-state index is 0.159. The SMILES string of the molecule is CN(Cc1cnn(C)c1)C1(CN)CCN2CCCC21. The Morgan fingerprint density at radius 1 is 1.53 bits per heavy atom. The molecule has 106 valence electrons. The Kier molecular flexibility index (Phi) is 3.37. The summed E-state index contributed by atoms with van der Waals surface area (Å²) in [5.74, 6) is 0. The van der Waals surface area contributed by atoms with Crippen molar-refractivity contribution in [2.75, 3.05) is 26.7 Å². The maximum atomic E-state index is 6.20. The highest BCUT2D eigenvalue weighted by Crippen LogP contribution is 2.39. The van der Waals surface area contributed by atoms with E-state index in [1.54, 1.807) is 0 Å². The van der Waals surface area contributed by atoms with Gasteiger partial charge in [0.15, 0.2) is 0 Å². The minimum absolute atomic E-state index is 0.159. The van der Waals surface area contributed by atoms with Crippen LogP contribution in [0.1, 0.15) is 24.8 Å². The Bertz CT molecular complexity index is 443. The highest BCUT2D eigenvalue weighted by Gasteiger charge is 2.50. The van der Waals surface area contributed by atoms with Crippen molar-refractivity contribution in [3.63, 3.8) is 0 Å². The second-order valence-corrected chi connectivity index (χ2v) is 6.13. The number of nitrogens with two attached hydrogens (primary N) is 1. The lowest BCUT2D eigenvalue weighted by molar-refractivity contribution is 0.0841. The normalized spacial score (nSPS) is 31.3. The second kappa shape index (κ2) is 4.89. The van der Waals surface area contributed by atoms with Crippen LogP contribution in [0, 0.1) is 0 Å². The average Bonchev–Trinajstić information content (AvgIpc) is 3.05. The first-order chi connectivity index (χ1) is 9.15. The predicted octanol–water partition coefficient (Wildman–Crippen LogP) is 0.418. The molecule has 2 saturated heterocycles. The molecule has 5 heteroatoms. The van der Waals surface area contributed by atoms with Crippen molar-refractivity contribution in [3.8, 4) is 0 Å². The number of nitrogens with zero attached hydrogens (tertiary/aromatic N) is 4. The number of aromatic nitrogens is 2. The van der Waals surface area contributed by atoms with E-state index >= 15 is 0 Å². The fourth-order valence-electron chi connectivity index (χ4n) is 4.03. The van der Waals surface area contributed by atoms with E-state index in [9.17, 15) is 0 Å². The molecule has 2 aliphatic heterocycles. The van der Waals surface area contributed by atoms with Gasteiger partial charge in [0.1, 0.15) is 0 Å². The van der Waals surface area contributed by atoms with Crippen molar-refractivity contribution in [1.82, 2.24) is 19.6 Å². The smallest absolute Gasteiger partial charge is 0.0534 e. The number of rotatable bonds is 4. The summed E-state index contributed by atoms with van der Waals surface area (Å²) in [5.41, 5.74) is 7.63. The molecule has 2 fully saturated rings. The van der Waals surface area contributed by atoms with Crippen LogP contribution >= 0.6 is 0 Å². The Balaban J connectivity index is 1.77. The van der Waals surface area contributed by atoms with Gasteiger partial charge < -0.3 is 5.73 Å². The summed E-state index contributed by atoms with van der Waals surface area (Å²) in [6, 6.07) is 0.652. The highest BCUT2D eigenvalue weighted by molar-refractivity contribution is 5.12. The predicted molar refractivity (Wildman–Crippen MR) is 75.7 cm³/mol. The fraction of sp³-hybridized carbons (Fsp3) is 0.786. The van der Waals surface area contributed by atoms with Gasteiger partial charge in [-0.1, -0.05) is 0 Å². The molecule has 0 amide bonds. The topological polar surface area (TPSA) is 50.3 Å². The van der Waals surface area contributed by atoms with Gasteiger partial charge >= 0.3 is 0 Å². The van der Waals surface area contributed by atoms with Crippen molar-refractivity contribution in [3.05, 3.63) is 18.0 Å². The van der Waals surface area contributed by atoms with Crippen LogP contribution in [0.5, 0.6) is 0 Å². The van der Waals surface area contributed by atoms with Gasteiger partial charge in [0.2, 0.25) is 0 Å². The lowest BCUT2D eigenvalue weighted by atomic mass is 9.86. The van der Waals surface area contributed by atoms with Crippen LogP contribution in [0.3, 0.4) is 0 Å². The van der Waals surface area contributed by atoms with Crippen molar-refractivity contribution >= 4 is 0 Å². The standard InChI is InChI=1S/C14H25N5/c1-17(9-12-8-16-18(2)10-12)14(11-15)5-7-19-6-3-4-13(14)19/h8,10,13H,3-7,9,11,15H2,1-2H3. The second-order valence-electron chi connectivity index (χ2n) is 6.13. The molecule has 5 nitrogen and oxygen atoms in total. The van der Waals surface area contributed by atoms with Crippen LogP contribution < -0.4 is 5.73 Å². The molecule has 3 heterocycles. The fourth-order valence-corrected chi connectivity index (χ4v) is 4.03. The number of aryl methyl sites for hydroxylation is 1. The maximum absolute atomic E-state index is 6.20. The molecule has 19 heavy (non-hydrogen) atoms. The van der Waals surface area contributed by atoms with Crippen molar-refractivity contribution in [1.29, 1.82) is 0 Å². The summed E-state index contributed by atoms with van der Waals surface area (Å²) < 4.78 is 1.87. The van der Waals surface area contributed by atoms with Crippen LogP contribution in [-0.2, 0) is 13.6 Å². The molecule has 2 atom stereocenters. The molecule has 0 aliphatic carbocycles. The third-order valence-electron chi connectivity index (χ3n) is 5.11. The van der Waals surface area contributed by atoms with E-state index < -0.39 is 0 Å². The van der Waals surface area contributed by atoms with Gasteiger partial charge in [-0.3, -0.25) is 14.5 Å². The Hall–Kier alpha value is -0.910. The first-order valence-corrected chi connectivity index (χ1v) is 7.28. The van der Waals surface area contributed by atoms with E-state index in [0.29, 0.717) is 6.04 Å². The Morgan fingerprint density at radius 2 is 2.37 bits per heavy atom. The van der Waals surface area contributed by atoms with Crippen LogP contribution in [0.4, 0.5) is 0 Å². The molecule has 0 saturated carbocycles. The number of hydrogen-bond acceptors (Lipinski definition) is 4. The highest BCUT2D eigenvalue weighted by atomic mass is 15.3. The molecule has 2 unspecified atom stereocenters. The van der Waals surface area contributed by atoms with Gasteiger partial charge in [0, 0.05) is 50.0 Å². The Morgan fingerprint density at radius 3 is 3.05 bits per heavy atom. The third-order valence-corrected chi connectivity index (χ3v) is 5.11. The summed E-state index contributed by atoms with van der Waals surface area (Å²) in [6.45, 7) is 4.16. The van der Waals surface area contributed by atoms with E-state index in [2.05, 4.69) is 28.1 Å². The first-order valence-electron chi connectivity index (χ1n) is 7.28. The molecule has 0 aromatic carbocycles. The molecule has 2 N–H and O–H groups in total. The first kappa shape index (κ1) is 13.1. The van der Waals surface area contributed by atoms with E-state index in [0.717, 1.165) is 13.1 Å². The van der Waals surface area contributed by atoms with Crippen molar-refractivity contribution in [2.24, 2.45) is 12.8 Å². The van der Waals surface area contributed by atoms with E-state index in [-0.39, 0.29) is 5.54 Å². The van der Waals surface area contributed by atoms with E-state index in [1.807, 2.05) is 17.9 Å². The molecule has 0 spiro atoms. The number of likely N-dealkylation sites (N-methyl/N-ethyl adjacent to an activating group) is 1. The Labute approximate surface area is 115 Å². The summed E-state index contributed by atoms with van der Waals surface area (Å²) in [7, 11) is 4.19. The van der Waals surface area contributed by atoms with Crippen molar-refractivity contribution < 1.29 is 0 Å². The lowest BCUT2D eigenvalue weighted by Gasteiger charge is -2.42. The quantitative estimate of drug-likeness (QED) is 0.855. The molecular formula is C14H25N5. The van der Waals surface area contributed by atoms with Gasteiger partial charge in [-0.2, -0.15) is 5.10 Å². The molecule has 0 radical (unpaired) electrons. The minimum Gasteiger partial charge on any atom is -0.329 e. The monoisotopic (exact) mass is 263 g/mol. The van der Waals surface area contributed by atoms with Crippen LogP contribution in [0.15, 0.2) is 12.4 Å². The third kappa shape index (κ3) is 2.10. The van der Waals surface area contributed by atoms with Crippen LogP contribution in [0.2, 0.25) is 0 Å². The summed E-state index contributed by atoms with van der Waals surface area (Å²) in [5, 5.41) is 4.26. The number of hydrogen-bond donors (Lipinski definition) is 1. The van der Waals surface area contributed by atoms with E-state index in [4.69, 9.17) is 5.73 Å². The van der Waals surface area contributed by atoms with Gasteiger partial charge in [-0.05, 0) is 32.9 Å². The molecular weight excluding hydrogens is 238 g/mol. The molecule has 3 rings (SSSR count). The summed E-state index contributed by atoms with van der Waals surface area (Å²) >= 11 is 0. The zero-order valence-electron chi connectivity index (χ0n) is 12.0. The maximum Gasteiger partial charge on any atom is 0.0534 e.